The zero-order valence-corrected chi connectivity index (χ0v) is 14.0. The van der Waals surface area contributed by atoms with Crippen molar-refractivity contribution in [3.8, 4) is 11.1 Å². The minimum absolute atomic E-state index is 0.0826. The van der Waals surface area contributed by atoms with E-state index in [4.69, 9.17) is 4.74 Å². The van der Waals surface area contributed by atoms with Gasteiger partial charge in [0.2, 0.25) is 0 Å². The number of hydrogen-bond donors (Lipinski definition) is 0. The van der Waals surface area contributed by atoms with E-state index in [0.29, 0.717) is 5.57 Å². The number of hydrogen-bond acceptors (Lipinski definition) is 3. The second kappa shape index (κ2) is 6.32. The summed E-state index contributed by atoms with van der Waals surface area (Å²) in [7, 11) is 3.27. The molecule has 1 amide bonds. The molecule has 24 heavy (non-hydrogen) atoms. The molecule has 4 heteroatoms. The molecule has 0 aromatic heterocycles. The van der Waals surface area contributed by atoms with Crippen LogP contribution in [-0.4, -0.2) is 37.5 Å². The Kier molecular flexibility index (Phi) is 4.21. The number of carbonyl (C=O) groups excluding carboxylic acids is 2. The third-order valence-corrected chi connectivity index (χ3v) is 4.03. The van der Waals surface area contributed by atoms with Crippen LogP contribution in [0.2, 0.25) is 0 Å². The topological polar surface area (TPSA) is 46.6 Å². The number of nitrogens with zero attached hydrogens (tertiary/aromatic N) is 1. The second-order valence-electron chi connectivity index (χ2n) is 5.76. The number of fused-ring (bicyclic) bond motifs is 3. The lowest BCUT2D eigenvalue weighted by Crippen LogP contribution is -2.29. The molecule has 4 nitrogen and oxygen atoms in total. The molecule has 0 spiro atoms. The normalized spacial score (nSPS) is 11.5. The summed E-state index contributed by atoms with van der Waals surface area (Å²) in [6.45, 7) is 1.95. The lowest BCUT2D eigenvalue weighted by Gasteiger charge is -2.16. The maximum absolute atomic E-state index is 12.7. The van der Waals surface area contributed by atoms with E-state index < -0.39 is 5.97 Å². The van der Waals surface area contributed by atoms with Gasteiger partial charge in [0.05, 0.1) is 6.61 Å². The third-order valence-electron chi connectivity index (χ3n) is 4.03. The van der Waals surface area contributed by atoms with E-state index in [1.165, 1.54) is 4.90 Å². The molecule has 0 atom stereocenters. The van der Waals surface area contributed by atoms with Gasteiger partial charge in [-0.3, -0.25) is 4.79 Å². The molecule has 0 unspecified atom stereocenters. The van der Waals surface area contributed by atoms with Gasteiger partial charge in [-0.25, -0.2) is 4.79 Å². The Balaban J connectivity index is 2.35. The Morgan fingerprint density at radius 2 is 1.33 bits per heavy atom. The van der Waals surface area contributed by atoms with E-state index in [2.05, 4.69) is 0 Å². The highest BCUT2D eigenvalue weighted by molar-refractivity contribution is 6.25. The number of rotatable bonds is 3. The minimum atomic E-state index is -0.585. The Morgan fingerprint density at radius 1 is 0.875 bits per heavy atom. The standard InChI is InChI=1S/C20H19NO3/c1-4-24-20(23)18(19(22)21(2)3)17-15-11-7-5-9-13(15)14-10-6-8-12-16(14)17/h5-12H,4H2,1-3H3. The summed E-state index contributed by atoms with van der Waals surface area (Å²) in [5.74, 6) is -0.937. The summed E-state index contributed by atoms with van der Waals surface area (Å²) in [6, 6.07) is 15.6. The quantitative estimate of drug-likeness (QED) is 0.322. The van der Waals surface area contributed by atoms with Crippen LogP contribution in [0.5, 0.6) is 0 Å². The average Bonchev–Trinajstić information content (AvgIpc) is 2.90. The summed E-state index contributed by atoms with van der Waals surface area (Å²) < 4.78 is 5.17. The summed E-state index contributed by atoms with van der Waals surface area (Å²) in [6.07, 6.45) is 0. The fourth-order valence-corrected chi connectivity index (χ4v) is 3.01. The van der Waals surface area contributed by atoms with Crippen LogP contribution in [0.1, 0.15) is 18.1 Å². The van der Waals surface area contributed by atoms with Crippen molar-refractivity contribution in [2.45, 2.75) is 6.92 Å². The predicted octanol–water partition coefficient (Wildman–Crippen LogP) is 3.12. The van der Waals surface area contributed by atoms with Gasteiger partial charge in [0.1, 0.15) is 5.57 Å². The molecule has 0 fully saturated rings. The maximum atomic E-state index is 12.7. The molecule has 1 aliphatic carbocycles. The van der Waals surface area contributed by atoms with E-state index in [1.54, 1.807) is 21.0 Å². The summed E-state index contributed by atoms with van der Waals surface area (Å²) in [5, 5.41) is 0. The number of ether oxygens (including phenoxy) is 1. The zero-order chi connectivity index (χ0) is 17.3. The van der Waals surface area contributed by atoms with Crippen molar-refractivity contribution in [3.05, 3.63) is 65.2 Å². The Bertz CT molecular complexity index is 802. The van der Waals surface area contributed by atoms with Gasteiger partial charge in [0.15, 0.2) is 0 Å². The molecule has 122 valence electrons. The van der Waals surface area contributed by atoms with Crippen LogP contribution in [0.3, 0.4) is 0 Å². The second-order valence-corrected chi connectivity index (χ2v) is 5.76. The highest BCUT2D eigenvalue weighted by atomic mass is 16.5. The molecule has 0 heterocycles. The molecule has 0 aliphatic heterocycles. The average molecular weight is 321 g/mol. The molecule has 0 N–H and O–H groups in total. The summed E-state index contributed by atoms with van der Waals surface area (Å²) in [5.41, 5.74) is 4.56. The van der Waals surface area contributed by atoms with Crippen molar-refractivity contribution in [2.24, 2.45) is 0 Å². The highest BCUT2D eigenvalue weighted by Gasteiger charge is 2.33. The molecule has 0 saturated heterocycles. The van der Waals surface area contributed by atoms with Crippen molar-refractivity contribution < 1.29 is 14.3 Å². The largest absolute Gasteiger partial charge is 0.462 e. The van der Waals surface area contributed by atoms with Gasteiger partial charge in [-0.1, -0.05) is 48.5 Å². The molecular formula is C20H19NO3. The first-order valence-corrected chi connectivity index (χ1v) is 7.88. The van der Waals surface area contributed by atoms with Gasteiger partial charge < -0.3 is 9.64 Å². The van der Waals surface area contributed by atoms with Crippen LogP contribution in [0, 0.1) is 0 Å². The highest BCUT2D eigenvalue weighted by Crippen LogP contribution is 2.45. The van der Waals surface area contributed by atoms with Crippen molar-refractivity contribution in [2.75, 3.05) is 20.7 Å². The number of likely N-dealkylation sites (N-methyl/N-ethyl adjacent to an activating group) is 1. The Morgan fingerprint density at radius 3 is 1.75 bits per heavy atom. The zero-order valence-electron chi connectivity index (χ0n) is 14.0. The van der Waals surface area contributed by atoms with Crippen LogP contribution in [0.25, 0.3) is 16.7 Å². The monoisotopic (exact) mass is 321 g/mol. The third kappa shape index (κ3) is 2.50. The number of benzene rings is 2. The van der Waals surface area contributed by atoms with E-state index in [-0.39, 0.29) is 18.1 Å². The number of carbonyl (C=O) groups is 2. The van der Waals surface area contributed by atoms with Gasteiger partial charge in [-0.05, 0) is 29.2 Å². The van der Waals surface area contributed by atoms with E-state index in [9.17, 15) is 9.59 Å². The molecule has 0 saturated carbocycles. The van der Waals surface area contributed by atoms with Gasteiger partial charge in [0.25, 0.3) is 5.91 Å². The van der Waals surface area contributed by atoms with Crippen molar-refractivity contribution in [1.82, 2.24) is 4.90 Å². The maximum Gasteiger partial charge on any atom is 0.344 e. The van der Waals surface area contributed by atoms with Crippen molar-refractivity contribution >= 4 is 17.4 Å². The van der Waals surface area contributed by atoms with Gasteiger partial charge in [-0.15, -0.1) is 0 Å². The molecule has 0 bridgehead atoms. The Hall–Kier alpha value is -2.88. The first-order chi connectivity index (χ1) is 11.6. The molecular weight excluding hydrogens is 302 g/mol. The van der Waals surface area contributed by atoms with Gasteiger partial charge in [0, 0.05) is 19.7 Å². The first kappa shape index (κ1) is 16.0. The van der Waals surface area contributed by atoms with Crippen LogP contribution in [0.4, 0.5) is 0 Å². The van der Waals surface area contributed by atoms with Crippen LogP contribution in [0.15, 0.2) is 54.1 Å². The van der Waals surface area contributed by atoms with Crippen molar-refractivity contribution in [3.63, 3.8) is 0 Å². The van der Waals surface area contributed by atoms with E-state index >= 15 is 0 Å². The van der Waals surface area contributed by atoms with Gasteiger partial charge >= 0.3 is 5.97 Å². The smallest absolute Gasteiger partial charge is 0.344 e. The fraction of sp³-hybridized carbons (Fsp3) is 0.200. The number of esters is 1. The lowest BCUT2D eigenvalue weighted by atomic mass is 9.97. The predicted molar refractivity (Wildman–Crippen MR) is 93.2 cm³/mol. The molecule has 2 aromatic carbocycles. The van der Waals surface area contributed by atoms with Crippen LogP contribution >= 0.6 is 0 Å². The van der Waals surface area contributed by atoms with E-state index in [1.807, 2.05) is 48.5 Å². The molecule has 1 aliphatic rings. The molecule has 2 aromatic rings. The lowest BCUT2D eigenvalue weighted by molar-refractivity contribution is -0.141. The van der Waals surface area contributed by atoms with Crippen LogP contribution in [-0.2, 0) is 14.3 Å². The minimum Gasteiger partial charge on any atom is -0.462 e. The fourth-order valence-electron chi connectivity index (χ4n) is 3.01. The first-order valence-electron chi connectivity index (χ1n) is 7.88. The van der Waals surface area contributed by atoms with E-state index in [0.717, 1.165) is 22.3 Å². The Labute approximate surface area is 141 Å². The molecule has 0 radical (unpaired) electrons. The van der Waals surface area contributed by atoms with Crippen LogP contribution < -0.4 is 0 Å². The summed E-state index contributed by atoms with van der Waals surface area (Å²) in [4.78, 5) is 26.7. The summed E-state index contributed by atoms with van der Waals surface area (Å²) >= 11 is 0. The van der Waals surface area contributed by atoms with Crippen molar-refractivity contribution in [1.29, 1.82) is 0 Å². The van der Waals surface area contributed by atoms with Gasteiger partial charge in [-0.2, -0.15) is 0 Å². The number of amides is 1. The molecule has 3 rings (SSSR count). The SMILES string of the molecule is CCOC(=O)C(C(=O)N(C)C)=C1c2ccccc2-c2ccccc21.